The van der Waals surface area contributed by atoms with Crippen LogP contribution in [0.4, 0.5) is 0 Å². The summed E-state index contributed by atoms with van der Waals surface area (Å²) in [7, 11) is 0. The highest BCUT2D eigenvalue weighted by Crippen LogP contribution is 2.30. The lowest BCUT2D eigenvalue weighted by Gasteiger charge is -2.25. The maximum absolute atomic E-state index is 4.43. The van der Waals surface area contributed by atoms with Crippen molar-refractivity contribution in [3.05, 3.63) is 11.6 Å². The van der Waals surface area contributed by atoms with Crippen LogP contribution in [0.5, 0.6) is 0 Å². The van der Waals surface area contributed by atoms with Gasteiger partial charge in [-0.2, -0.15) is 0 Å². The highest BCUT2D eigenvalue weighted by molar-refractivity contribution is 5.01. The van der Waals surface area contributed by atoms with Gasteiger partial charge in [0.25, 0.3) is 0 Å². The van der Waals surface area contributed by atoms with Crippen LogP contribution < -0.4 is 5.32 Å². The van der Waals surface area contributed by atoms with Crippen LogP contribution in [0.3, 0.4) is 0 Å². The topological polar surface area (TPSA) is 42.7 Å². The van der Waals surface area contributed by atoms with Gasteiger partial charge in [0, 0.05) is 18.5 Å². The van der Waals surface area contributed by atoms with E-state index in [1.54, 1.807) is 0 Å². The lowest BCUT2D eigenvalue weighted by molar-refractivity contribution is 0.338. The Morgan fingerprint density at radius 1 is 1.11 bits per heavy atom. The third-order valence-electron chi connectivity index (χ3n) is 4.47. The molecule has 1 saturated carbocycles. The quantitative estimate of drug-likeness (QED) is 0.893. The summed E-state index contributed by atoms with van der Waals surface area (Å²) in [4.78, 5) is 0. The number of aryl methyl sites for hydroxylation is 1. The number of nitrogens with zero attached hydrogens (tertiary/aromatic N) is 3. The molecule has 0 spiro atoms. The van der Waals surface area contributed by atoms with Crippen molar-refractivity contribution in [3.63, 3.8) is 0 Å². The van der Waals surface area contributed by atoms with E-state index in [0.717, 1.165) is 12.2 Å². The highest BCUT2D eigenvalue weighted by Gasteiger charge is 2.23. The van der Waals surface area contributed by atoms with Crippen molar-refractivity contribution >= 4 is 0 Å². The normalized spacial score (nSPS) is 25.7. The third kappa shape index (κ3) is 2.44. The molecule has 0 amide bonds. The van der Waals surface area contributed by atoms with Crippen LogP contribution in [0, 0.1) is 6.92 Å². The van der Waals surface area contributed by atoms with E-state index in [1.807, 2.05) is 0 Å². The van der Waals surface area contributed by atoms with Gasteiger partial charge in [0.1, 0.15) is 11.6 Å². The minimum absolute atomic E-state index is 0.621. The molecule has 3 rings (SSSR count). The Balaban J connectivity index is 1.76. The van der Waals surface area contributed by atoms with Crippen molar-refractivity contribution in [2.75, 3.05) is 6.54 Å². The van der Waals surface area contributed by atoms with E-state index in [0.29, 0.717) is 12.1 Å². The van der Waals surface area contributed by atoms with E-state index in [-0.39, 0.29) is 0 Å². The zero-order valence-electron chi connectivity index (χ0n) is 11.4. The van der Waals surface area contributed by atoms with Gasteiger partial charge < -0.3 is 9.88 Å². The van der Waals surface area contributed by atoms with Gasteiger partial charge in [-0.15, -0.1) is 10.2 Å². The average Bonchev–Trinajstić information content (AvgIpc) is 3.02. The minimum atomic E-state index is 0.621. The molecule has 2 fully saturated rings. The number of nitrogens with one attached hydrogen (secondary N) is 1. The van der Waals surface area contributed by atoms with Gasteiger partial charge in [-0.1, -0.05) is 19.3 Å². The van der Waals surface area contributed by atoms with E-state index in [4.69, 9.17) is 0 Å². The van der Waals surface area contributed by atoms with Crippen LogP contribution in [-0.2, 0) is 6.42 Å². The molecule has 1 aliphatic carbocycles. The van der Waals surface area contributed by atoms with Crippen molar-refractivity contribution < 1.29 is 0 Å². The molecule has 1 saturated heterocycles. The summed E-state index contributed by atoms with van der Waals surface area (Å²) in [5.74, 6) is 2.31. The standard InChI is InChI=1S/C14H24N4/c1-11-16-17-14(10-12-6-5-9-15-12)18(11)13-7-3-2-4-8-13/h12-13,15H,2-10H2,1H3. The molecule has 0 bridgehead atoms. The second kappa shape index (κ2) is 5.39. The summed E-state index contributed by atoms with van der Waals surface area (Å²) < 4.78 is 2.43. The maximum atomic E-state index is 4.43. The van der Waals surface area contributed by atoms with Gasteiger partial charge in [0.15, 0.2) is 0 Å². The van der Waals surface area contributed by atoms with Gasteiger partial charge in [-0.05, 0) is 39.2 Å². The molecule has 4 nitrogen and oxygen atoms in total. The number of rotatable bonds is 3. The predicted octanol–water partition coefficient (Wildman–Crippen LogP) is 2.39. The van der Waals surface area contributed by atoms with Gasteiger partial charge in [-0.3, -0.25) is 0 Å². The first-order valence-electron chi connectivity index (χ1n) is 7.48. The molecule has 1 unspecified atom stereocenters. The average molecular weight is 248 g/mol. The van der Waals surface area contributed by atoms with E-state index < -0.39 is 0 Å². The van der Waals surface area contributed by atoms with Crippen LogP contribution in [0.2, 0.25) is 0 Å². The Bertz CT molecular complexity index is 386. The fourth-order valence-corrected chi connectivity index (χ4v) is 3.52. The van der Waals surface area contributed by atoms with Crippen molar-refractivity contribution in [2.45, 2.75) is 70.4 Å². The van der Waals surface area contributed by atoms with E-state index in [9.17, 15) is 0 Å². The Kier molecular flexibility index (Phi) is 3.64. The first kappa shape index (κ1) is 12.2. The highest BCUT2D eigenvalue weighted by atomic mass is 15.3. The Morgan fingerprint density at radius 2 is 1.94 bits per heavy atom. The number of aromatic nitrogens is 3. The van der Waals surface area contributed by atoms with E-state index in [1.165, 1.54) is 57.3 Å². The van der Waals surface area contributed by atoms with Crippen molar-refractivity contribution in [1.29, 1.82) is 0 Å². The first-order valence-corrected chi connectivity index (χ1v) is 7.48. The Hall–Kier alpha value is -0.900. The van der Waals surface area contributed by atoms with Crippen molar-refractivity contribution in [2.24, 2.45) is 0 Å². The molecule has 1 aromatic heterocycles. The molecule has 100 valence electrons. The van der Waals surface area contributed by atoms with Crippen LogP contribution in [0.1, 0.15) is 62.6 Å². The van der Waals surface area contributed by atoms with Crippen molar-refractivity contribution in [3.8, 4) is 0 Å². The monoisotopic (exact) mass is 248 g/mol. The minimum Gasteiger partial charge on any atom is -0.314 e. The molecular formula is C14H24N4. The van der Waals surface area contributed by atoms with Crippen LogP contribution in [0.15, 0.2) is 0 Å². The molecule has 1 N–H and O–H groups in total. The maximum Gasteiger partial charge on any atom is 0.134 e. The number of hydrogen-bond donors (Lipinski definition) is 1. The van der Waals surface area contributed by atoms with Crippen LogP contribution in [0.25, 0.3) is 0 Å². The second-order valence-corrected chi connectivity index (χ2v) is 5.82. The molecular weight excluding hydrogens is 224 g/mol. The zero-order valence-corrected chi connectivity index (χ0v) is 11.4. The molecule has 1 aromatic rings. The summed E-state index contributed by atoms with van der Waals surface area (Å²) in [6, 6.07) is 1.28. The summed E-state index contributed by atoms with van der Waals surface area (Å²) in [6.45, 7) is 3.27. The SMILES string of the molecule is Cc1nnc(CC2CCCN2)n1C1CCCCC1. The molecule has 2 heterocycles. The van der Waals surface area contributed by atoms with Crippen LogP contribution in [-0.4, -0.2) is 27.4 Å². The van der Waals surface area contributed by atoms with Gasteiger partial charge in [-0.25, -0.2) is 0 Å². The van der Waals surface area contributed by atoms with E-state index >= 15 is 0 Å². The number of hydrogen-bond acceptors (Lipinski definition) is 3. The fraction of sp³-hybridized carbons (Fsp3) is 0.857. The molecule has 1 aliphatic heterocycles. The summed E-state index contributed by atoms with van der Waals surface area (Å²) in [6.07, 6.45) is 10.4. The summed E-state index contributed by atoms with van der Waals surface area (Å²) in [5.41, 5.74) is 0. The molecule has 0 aromatic carbocycles. The second-order valence-electron chi connectivity index (χ2n) is 5.82. The molecule has 0 radical (unpaired) electrons. The largest absolute Gasteiger partial charge is 0.314 e. The first-order chi connectivity index (χ1) is 8.84. The molecule has 18 heavy (non-hydrogen) atoms. The van der Waals surface area contributed by atoms with Crippen LogP contribution >= 0.6 is 0 Å². The Morgan fingerprint density at radius 3 is 2.67 bits per heavy atom. The van der Waals surface area contributed by atoms with Crippen molar-refractivity contribution in [1.82, 2.24) is 20.1 Å². The van der Waals surface area contributed by atoms with Gasteiger partial charge in [0.05, 0.1) is 0 Å². The lowest BCUT2D eigenvalue weighted by atomic mass is 9.95. The van der Waals surface area contributed by atoms with E-state index in [2.05, 4.69) is 27.0 Å². The molecule has 1 atom stereocenters. The lowest BCUT2D eigenvalue weighted by Crippen LogP contribution is -2.26. The molecule has 4 heteroatoms. The smallest absolute Gasteiger partial charge is 0.134 e. The zero-order chi connectivity index (χ0) is 12.4. The molecule has 2 aliphatic rings. The van der Waals surface area contributed by atoms with Gasteiger partial charge >= 0.3 is 0 Å². The fourth-order valence-electron chi connectivity index (χ4n) is 3.52. The summed E-state index contributed by atoms with van der Waals surface area (Å²) in [5, 5.41) is 12.3. The predicted molar refractivity (Wildman–Crippen MR) is 71.6 cm³/mol. The summed E-state index contributed by atoms with van der Waals surface area (Å²) >= 11 is 0. The Labute approximate surface area is 109 Å². The van der Waals surface area contributed by atoms with Gasteiger partial charge in [0.2, 0.25) is 0 Å². The third-order valence-corrected chi connectivity index (χ3v) is 4.47.